The molecule has 23 heavy (non-hydrogen) atoms. The smallest absolute Gasteiger partial charge is 0.231 e. The van der Waals surface area contributed by atoms with Crippen LogP contribution in [0.1, 0.15) is 44.1 Å². The van der Waals surface area contributed by atoms with E-state index >= 15 is 0 Å². The summed E-state index contributed by atoms with van der Waals surface area (Å²) in [6.07, 6.45) is 1.96. The Balaban J connectivity index is 1.76. The number of likely N-dealkylation sites (tertiary alicyclic amines) is 1. The second-order valence-electron chi connectivity index (χ2n) is 6.60. The zero-order chi connectivity index (χ0) is 16.4. The van der Waals surface area contributed by atoms with Crippen LogP contribution in [0.5, 0.6) is 0 Å². The largest absolute Gasteiger partial charge is 0.342 e. The van der Waals surface area contributed by atoms with E-state index in [0.717, 1.165) is 24.9 Å². The van der Waals surface area contributed by atoms with Gasteiger partial charge in [0, 0.05) is 24.6 Å². The lowest BCUT2D eigenvalue weighted by Gasteiger charge is -2.32. The molecule has 1 unspecified atom stereocenters. The minimum atomic E-state index is 0.0271. The number of aromatic nitrogens is 2. The van der Waals surface area contributed by atoms with Crippen LogP contribution in [-0.4, -0.2) is 34.0 Å². The average molecular weight is 313 g/mol. The van der Waals surface area contributed by atoms with E-state index in [-0.39, 0.29) is 17.7 Å². The summed E-state index contributed by atoms with van der Waals surface area (Å²) in [5, 5.41) is 4.12. The van der Waals surface area contributed by atoms with E-state index in [4.69, 9.17) is 4.52 Å². The van der Waals surface area contributed by atoms with Crippen molar-refractivity contribution in [1.29, 1.82) is 0 Å². The fourth-order valence-corrected chi connectivity index (χ4v) is 3.05. The molecule has 1 saturated heterocycles. The molecule has 0 radical (unpaired) electrons. The van der Waals surface area contributed by atoms with E-state index in [2.05, 4.69) is 10.1 Å². The van der Waals surface area contributed by atoms with Gasteiger partial charge in [-0.25, -0.2) is 0 Å². The molecule has 0 spiro atoms. The van der Waals surface area contributed by atoms with Crippen molar-refractivity contribution in [2.24, 2.45) is 5.92 Å². The fourth-order valence-electron chi connectivity index (χ4n) is 3.05. The third-order valence-corrected chi connectivity index (χ3v) is 4.29. The third kappa shape index (κ3) is 3.44. The first kappa shape index (κ1) is 15.7. The summed E-state index contributed by atoms with van der Waals surface area (Å²) in [5.41, 5.74) is 2.13. The fraction of sp³-hybridized carbons (Fsp3) is 0.500. The minimum absolute atomic E-state index is 0.0271. The summed E-state index contributed by atoms with van der Waals surface area (Å²) in [4.78, 5) is 18.7. The van der Waals surface area contributed by atoms with E-state index < -0.39 is 0 Å². The molecule has 1 atom stereocenters. The maximum Gasteiger partial charge on any atom is 0.231 e. The molecule has 1 aliphatic heterocycles. The van der Waals surface area contributed by atoms with Crippen molar-refractivity contribution in [3.05, 3.63) is 35.7 Å². The van der Waals surface area contributed by atoms with Crippen LogP contribution < -0.4 is 0 Å². The van der Waals surface area contributed by atoms with Gasteiger partial charge in [-0.3, -0.25) is 4.79 Å². The highest BCUT2D eigenvalue weighted by Gasteiger charge is 2.29. The zero-order valence-electron chi connectivity index (χ0n) is 14.0. The van der Waals surface area contributed by atoms with Gasteiger partial charge in [-0.1, -0.05) is 42.8 Å². The molecule has 2 heterocycles. The standard InChI is InChI=1S/C18H23N3O2/c1-12(2)18(22)21-9-5-8-15(11-21)17-19-16(20-23-17)14-7-4-6-13(3)10-14/h4,6-7,10,12,15H,5,8-9,11H2,1-3H3. The van der Waals surface area contributed by atoms with Gasteiger partial charge < -0.3 is 9.42 Å². The normalized spacial score (nSPS) is 18.4. The highest BCUT2D eigenvalue weighted by atomic mass is 16.5. The molecule has 0 aliphatic carbocycles. The molecule has 5 nitrogen and oxygen atoms in total. The Morgan fingerprint density at radius 3 is 2.96 bits per heavy atom. The Hall–Kier alpha value is -2.17. The van der Waals surface area contributed by atoms with Gasteiger partial charge in [0.1, 0.15) is 0 Å². The second kappa shape index (κ2) is 6.52. The van der Waals surface area contributed by atoms with Gasteiger partial charge >= 0.3 is 0 Å². The molecule has 1 amide bonds. The Morgan fingerprint density at radius 2 is 2.22 bits per heavy atom. The second-order valence-corrected chi connectivity index (χ2v) is 6.60. The molecular formula is C18H23N3O2. The Morgan fingerprint density at radius 1 is 1.39 bits per heavy atom. The van der Waals surface area contributed by atoms with Crippen molar-refractivity contribution in [3.63, 3.8) is 0 Å². The van der Waals surface area contributed by atoms with Crippen molar-refractivity contribution in [2.75, 3.05) is 13.1 Å². The van der Waals surface area contributed by atoms with Crippen LogP contribution in [0, 0.1) is 12.8 Å². The molecule has 1 fully saturated rings. The molecule has 0 N–H and O–H groups in total. The number of hydrogen-bond donors (Lipinski definition) is 0. The van der Waals surface area contributed by atoms with Crippen LogP contribution >= 0.6 is 0 Å². The van der Waals surface area contributed by atoms with Crippen LogP contribution in [0.15, 0.2) is 28.8 Å². The molecule has 1 aliphatic rings. The van der Waals surface area contributed by atoms with Crippen molar-refractivity contribution in [2.45, 2.75) is 39.5 Å². The number of piperidine rings is 1. The number of hydrogen-bond acceptors (Lipinski definition) is 4. The molecule has 0 bridgehead atoms. The van der Waals surface area contributed by atoms with Crippen LogP contribution in [0.4, 0.5) is 0 Å². The van der Waals surface area contributed by atoms with Gasteiger partial charge in [0.25, 0.3) is 0 Å². The quantitative estimate of drug-likeness (QED) is 0.871. The van der Waals surface area contributed by atoms with E-state index in [1.165, 1.54) is 5.56 Å². The van der Waals surface area contributed by atoms with E-state index in [0.29, 0.717) is 18.3 Å². The minimum Gasteiger partial charge on any atom is -0.342 e. The summed E-state index contributed by atoms with van der Waals surface area (Å²) in [5.74, 6) is 1.63. The SMILES string of the molecule is Cc1cccc(-c2noc(C3CCCN(C(=O)C(C)C)C3)n2)c1. The van der Waals surface area contributed by atoms with E-state index in [9.17, 15) is 4.79 Å². The lowest BCUT2D eigenvalue weighted by atomic mass is 9.97. The number of rotatable bonds is 3. The highest BCUT2D eigenvalue weighted by molar-refractivity contribution is 5.78. The van der Waals surface area contributed by atoms with Gasteiger partial charge in [-0.2, -0.15) is 4.98 Å². The van der Waals surface area contributed by atoms with E-state index in [1.807, 2.05) is 49.9 Å². The van der Waals surface area contributed by atoms with Crippen LogP contribution in [0.3, 0.4) is 0 Å². The first-order valence-electron chi connectivity index (χ1n) is 8.24. The summed E-state index contributed by atoms with van der Waals surface area (Å²) >= 11 is 0. The first-order valence-corrected chi connectivity index (χ1v) is 8.24. The predicted molar refractivity (Wildman–Crippen MR) is 87.9 cm³/mol. The zero-order valence-corrected chi connectivity index (χ0v) is 14.0. The van der Waals surface area contributed by atoms with Gasteiger partial charge in [0.15, 0.2) is 0 Å². The number of carbonyl (C=O) groups excluding carboxylic acids is 1. The average Bonchev–Trinajstić information content (AvgIpc) is 3.04. The van der Waals surface area contributed by atoms with Crippen molar-refractivity contribution in [1.82, 2.24) is 15.0 Å². The van der Waals surface area contributed by atoms with Crippen LogP contribution in [-0.2, 0) is 4.79 Å². The highest BCUT2D eigenvalue weighted by Crippen LogP contribution is 2.28. The van der Waals surface area contributed by atoms with Crippen LogP contribution in [0.2, 0.25) is 0 Å². The van der Waals surface area contributed by atoms with Gasteiger partial charge in [0.05, 0.1) is 5.92 Å². The molecule has 1 aromatic carbocycles. The lowest BCUT2D eigenvalue weighted by molar-refractivity contribution is -0.135. The van der Waals surface area contributed by atoms with E-state index in [1.54, 1.807) is 0 Å². The summed E-state index contributed by atoms with van der Waals surface area (Å²) in [6.45, 7) is 7.42. The number of nitrogens with zero attached hydrogens (tertiary/aromatic N) is 3. The molecule has 0 saturated carbocycles. The molecule has 3 rings (SSSR count). The lowest BCUT2D eigenvalue weighted by Crippen LogP contribution is -2.41. The van der Waals surface area contributed by atoms with Crippen molar-refractivity contribution in [3.8, 4) is 11.4 Å². The number of carbonyl (C=O) groups is 1. The molecule has 1 aromatic heterocycles. The Kier molecular flexibility index (Phi) is 4.46. The number of amides is 1. The van der Waals surface area contributed by atoms with Crippen LogP contribution in [0.25, 0.3) is 11.4 Å². The number of benzene rings is 1. The van der Waals surface area contributed by atoms with Gasteiger partial charge in [-0.05, 0) is 25.8 Å². The molecule has 5 heteroatoms. The van der Waals surface area contributed by atoms with Gasteiger partial charge in [-0.15, -0.1) is 0 Å². The van der Waals surface area contributed by atoms with Gasteiger partial charge in [0.2, 0.25) is 17.6 Å². The monoisotopic (exact) mass is 313 g/mol. The molecule has 122 valence electrons. The summed E-state index contributed by atoms with van der Waals surface area (Å²) in [6, 6.07) is 8.06. The maximum absolute atomic E-state index is 12.2. The third-order valence-electron chi connectivity index (χ3n) is 4.29. The topological polar surface area (TPSA) is 59.2 Å². The maximum atomic E-state index is 12.2. The molecule has 2 aromatic rings. The van der Waals surface area contributed by atoms with Crippen molar-refractivity contribution >= 4 is 5.91 Å². The Labute approximate surface area is 136 Å². The number of aryl methyl sites for hydroxylation is 1. The molecular weight excluding hydrogens is 290 g/mol. The summed E-state index contributed by atoms with van der Waals surface area (Å²) in [7, 11) is 0. The Bertz CT molecular complexity index is 693. The first-order chi connectivity index (χ1) is 11.0. The predicted octanol–water partition coefficient (Wildman–Crippen LogP) is 3.41. The van der Waals surface area contributed by atoms with Crippen molar-refractivity contribution < 1.29 is 9.32 Å². The summed E-state index contributed by atoms with van der Waals surface area (Å²) < 4.78 is 5.49.